The van der Waals surface area contributed by atoms with Crippen LogP contribution in [0.2, 0.25) is 0 Å². The van der Waals surface area contributed by atoms with Crippen molar-refractivity contribution in [1.82, 2.24) is 0 Å². The monoisotopic (exact) mass is 237 g/mol. The third-order valence-corrected chi connectivity index (χ3v) is 4.60. The lowest BCUT2D eigenvalue weighted by molar-refractivity contribution is 0.414. The lowest BCUT2D eigenvalue weighted by atomic mass is 10.1. The summed E-state index contributed by atoms with van der Waals surface area (Å²) in [5.41, 5.74) is 8.94. The van der Waals surface area contributed by atoms with Crippen molar-refractivity contribution in [2.75, 3.05) is 12.9 Å². The van der Waals surface area contributed by atoms with Crippen LogP contribution in [0.1, 0.15) is 30.5 Å². The number of fused-ring (bicyclic) bond motifs is 1. The molecule has 2 rings (SSSR count). The summed E-state index contributed by atoms with van der Waals surface area (Å²) in [6, 6.07) is 6.44. The second kappa shape index (κ2) is 5.11. The Labute approximate surface area is 102 Å². The van der Waals surface area contributed by atoms with Gasteiger partial charge in [0, 0.05) is 11.3 Å². The summed E-state index contributed by atoms with van der Waals surface area (Å²) in [7, 11) is 1.70. The van der Waals surface area contributed by atoms with Gasteiger partial charge < -0.3 is 10.5 Å². The molecule has 2 atom stereocenters. The van der Waals surface area contributed by atoms with Crippen molar-refractivity contribution in [2.45, 2.75) is 31.1 Å². The molecule has 2 N–H and O–H groups in total. The molecule has 0 radical (unpaired) electrons. The number of methoxy groups -OCH3 is 1. The summed E-state index contributed by atoms with van der Waals surface area (Å²) in [4.78, 5) is 0. The molecule has 1 aromatic carbocycles. The lowest BCUT2D eigenvalue weighted by Crippen LogP contribution is -2.19. The molecule has 0 spiro atoms. The number of ether oxygens (including phenoxy) is 1. The van der Waals surface area contributed by atoms with Gasteiger partial charge in [-0.15, -0.1) is 0 Å². The summed E-state index contributed by atoms with van der Waals surface area (Å²) in [6.07, 6.45) is 2.32. The molecule has 0 aliphatic heterocycles. The largest absolute Gasteiger partial charge is 0.497 e. The Balaban J connectivity index is 2.14. The van der Waals surface area contributed by atoms with Crippen LogP contribution >= 0.6 is 11.8 Å². The van der Waals surface area contributed by atoms with E-state index < -0.39 is 0 Å². The highest BCUT2D eigenvalue weighted by atomic mass is 32.2. The Morgan fingerprint density at radius 1 is 1.50 bits per heavy atom. The van der Waals surface area contributed by atoms with Crippen molar-refractivity contribution < 1.29 is 4.74 Å². The third-order valence-electron chi connectivity index (χ3n) is 3.07. The minimum Gasteiger partial charge on any atom is -0.497 e. The molecule has 88 valence electrons. The molecule has 2 unspecified atom stereocenters. The fraction of sp³-hybridized carbons (Fsp3) is 0.538. The Hall–Kier alpha value is -0.670. The Morgan fingerprint density at radius 2 is 2.31 bits per heavy atom. The molecule has 0 saturated carbocycles. The van der Waals surface area contributed by atoms with Crippen molar-refractivity contribution in [3.05, 3.63) is 29.3 Å². The van der Waals surface area contributed by atoms with Gasteiger partial charge in [-0.2, -0.15) is 11.8 Å². The van der Waals surface area contributed by atoms with Crippen molar-refractivity contribution in [3.63, 3.8) is 0 Å². The van der Waals surface area contributed by atoms with Gasteiger partial charge in [-0.05, 0) is 41.9 Å². The molecule has 1 aliphatic carbocycles. The van der Waals surface area contributed by atoms with E-state index in [2.05, 4.69) is 19.1 Å². The zero-order chi connectivity index (χ0) is 11.5. The maximum atomic E-state index is 6.28. The molecule has 0 heterocycles. The highest BCUT2D eigenvalue weighted by Crippen LogP contribution is 2.38. The molecule has 0 fully saturated rings. The van der Waals surface area contributed by atoms with Gasteiger partial charge in [-0.25, -0.2) is 0 Å². The third kappa shape index (κ3) is 2.20. The van der Waals surface area contributed by atoms with Crippen LogP contribution in [0.15, 0.2) is 18.2 Å². The zero-order valence-corrected chi connectivity index (χ0v) is 10.7. The van der Waals surface area contributed by atoms with Gasteiger partial charge in [0.05, 0.1) is 7.11 Å². The second-order valence-corrected chi connectivity index (χ2v) is 5.55. The molecule has 1 aliphatic rings. The average molecular weight is 237 g/mol. The van der Waals surface area contributed by atoms with E-state index >= 15 is 0 Å². The first kappa shape index (κ1) is 11.8. The van der Waals surface area contributed by atoms with E-state index in [4.69, 9.17) is 10.5 Å². The maximum Gasteiger partial charge on any atom is 0.119 e. The average Bonchev–Trinajstić information content (AvgIpc) is 2.63. The Kier molecular flexibility index (Phi) is 3.77. The number of hydrogen-bond donors (Lipinski definition) is 1. The zero-order valence-electron chi connectivity index (χ0n) is 9.90. The van der Waals surface area contributed by atoms with Gasteiger partial charge in [0.25, 0.3) is 0 Å². The minimum absolute atomic E-state index is 0.168. The SMILES string of the molecule is CCCSC1Cc2ccc(OC)cc2C1N. The van der Waals surface area contributed by atoms with E-state index in [1.165, 1.54) is 23.3 Å². The molecule has 1 aromatic rings. The number of benzene rings is 1. The van der Waals surface area contributed by atoms with E-state index in [1.807, 2.05) is 17.8 Å². The topological polar surface area (TPSA) is 35.2 Å². The fourth-order valence-electron chi connectivity index (χ4n) is 2.17. The van der Waals surface area contributed by atoms with E-state index in [-0.39, 0.29) is 6.04 Å². The summed E-state index contributed by atoms with van der Waals surface area (Å²) in [5.74, 6) is 2.11. The van der Waals surface area contributed by atoms with Gasteiger partial charge in [0.15, 0.2) is 0 Å². The van der Waals surface area contributed by atoms with Gasteiger partial charge in [0.1, 0.15) is 5.75 Å². The molecular formula is C13H19NOS. The van der Waals surface area contributed by atoms with Gasteiger partial charge in [-0.3, -0.25) is 0 Å². The van der Waals surface area contributed by atoms with Crippen LogP contribution in [-0.4, -0.2) is 18.1 Å². The number of nitrogens with two attached hydrogens (primary N) is 1. The molecule has 0 amide bonds. The number of thioether (sulfide) groups is 1. The summed E-state index contributed by atoms with van der Waals surface area (Å²) >= 11 is 2.00. The molecule has 2 nitrogen and oxygen atoms in total. The van der Waals surface area contributed by atoms with Crippen LogP contribution in [0.5, 0.6) is 5.75 Å². The summed E-state index contributed by atoms with van der Waals surface area (Å²) in [6.45, 7) is 2.21. The van der Waals surface area contributed by atoms with E-state index in [1.54, 1.807) is 7.11 Å². The van der Waals surface area contributed by atoms with E-state index in [0.29, 0.717) is 5.25 Å². The Bertz CT molecular complexity index is 367. The Morgan fingerprint density at radius 3 is 3.00 bits per heavy atom. The van der Waals surface area contributed by atoms with Crippen LogP contribution in [0.3, 0.4) is 0 Å². The fourth-order valence-corrected chi connectivity index (χ4v) is 3.36. The molecule has 0 saturated heterocycles. The van der Waals surface area contributed by atoms with Crippen molar-refractivity contribution in [2.24, 2.45) is 5.73 Å². The first-order chi connectivity index (χ1) is 7.76. The molecule has 3 heteroatoms. The van der Waals surface area contributed by atoms with Crippen LogP contribution in [0.25, 0.3) is 0 Å². The predicted octanol–water partition coefficient (Wildman–Crippen LogP) is 2.76. The first-order valence-electron chi connectivity index (χ1n) is 5.80. The smallest absolute Gasteiger partial charge is 0.119 e. The van der Waals surface area contributed by atoms with Crippen LogP contribution in [0, 0.1) is 0 Å². The van der Waals surface area contributed by atoms with Crippen LogP contribution in [-0.2, 0) is 6.42 Å². The normalized spacial score (nSPS) is 23.2. The van der Waals surface area contributed by atoms with Crippen molar-refractivity contribution >= 4 is 11.8 Å². The lowest BCUT2D eigenvalue weighted by Gasteiger charge is -2.15. The van der Waals surface area contributed by atoms with Crippen molar-refractivity contribution in [1.29, 1.82) is 0 Å². The highest BCUT2D eigenvalue weighted by Gasteiger charge is 2.29. The van der Waals surface area contributed by atoms with Gasteiger partial charge in [-0.1, -0.05) is 13.0 Å². The molecule has 16 heavy (non-hydrogen) atoms. The number of hydrogen-bond acceptors (Lipinski definition) is 3. The standard InChI is InChI=1S/C13H19NOS/c1-3-6-16-12-7-9-4-5-10(15-2)8-11(9)13(12)14/h4-5,8,12-13H,3,6-7,14H2,1-2H3. The summed E-state index contributed by atoms with van der Waals surface area (Å²) in [5, 5.41) is 0.544. The molecular weight excluding hydrogens is 218 g/mol. The van der Waals surface area contributed by atoms with E-state index in [0.717, 1.165) is 12.2 Å². The predicted molar refractivity (Wildman–Crippen MR) is 70.2 cm³/mol. The maximum absolute atomic E-state index is 6.28. The van der Waals surface area contributed by atoms with E-state index in [9.17, 15) is 0 Å². The first-order valence-corrected chi connectivity index (χ1v) is 6.85. The molecule has 0 bridgehead atoms. The van der Waals surface area contributed by atoms with Crippen LogP contribution in [0.4, 0.5) is 0 Å². The minimum atomic E-state index is 0.168. The van der Waals surface area contributed by atoms with Gasteiger partial charge in [0.2, 0.25) is 0 Å². The van der Waals surface area contributed by atoms with Gasteiger partial charge >= 0.3 is 0 Å². The van der Waals surface area contributed by atoms with Crippen molar-refractivity contribution in [3.8, 4) is 5.75 Å². The van der Waals surface area contributed by atoms with Crippen LogP contribution < -0.4 is 10.5 Å². The summed E-state index contributed by atoms with van der Waals surface area (Å²) < 4.78 is 5.24. The quantitative estimate of drug-likeness (QED) is 0.874. The molecule has 0 aromatic heterocycles. The number of rotatable bonds is 4. The second-order valence-electron chi connectivity index (χ2n) is 4.20. The highest BCUT2D eigenvalue weighted by molar-refractivity contribution is 7.99.